The molecule has 8 heteroatoms. The Labute approximate surface area is 188 Å². The van der Waals surface area contributed by atoms with Gasteiger partial charge in [0.25, 0.3) is 0 Å². The summed E-state index contributed by atoms with van der Waals surface area (Å²) < 4.78 is 11.2. The Bertz CT molecular complexity index is 473. The minimum absolute atomic E-state index is 0. The molecule has 0 aromatic heterocycles. The van der Waals surface area contributed by atoms with Gasteiger partial charge in [-0.15, -0.1) is 24.0 Å². The highest BCUT2D eigenvalue weighted by atomic mass is 127. The Kier molecular flexibility index (Phi) is 13.1. The molecule has 0 aromatic carbocycles. The van der Waals surface area contributed by atoms with E-state index in [2.05, 4.69) is 15.2 Å². The Morgan fingerprint density at radius 2 is 1.89 bits per heavy atom. The monoisotopic (exact) mass is 512 g/mol. The second-order valence-corrected chi connectivity index (χ2v) is 8.24. The van der Waals surface area contributed by atoms with Crippen LogP contribution in [-0.4, -0.2) is 79.4 Å². The first-order valence-corrected chi connectivity index (χ1v) is 10.2. The Hall–Kier alpha value is -0.770. The summed E-state index contributed by atoms with van der Waals surface area (Å²) in [5.41, 5.74) is -0.474. The fourth-order valence-electron chi connectivity index (χ4n) is 3.13. The van der Waals surface area contributed by atoms with Gasteiger partial charge in [0.05, 0.1) is 6.10 Å². The Balaban J connectivity index is 0.00000729. The average molecular weight is 512 g/mol. The van der Waals surface area contributed by atoms with E-state index in [1.54, 1.807) is 4.90 Å². The lowest BCUT2D eigenvalue weighted by atomic mass is 10.1. The number of hydrogen-bond acceptors (Lipinski definition) is 4. The molecule has 0 aliphatic carbocycles. The van der Waals surface area contributed by atoms with Gasteiger partial charge in [-0.1, -0.05) is 0 Å². The maximum Gasteiger partial charge on any atom is 0.410 e. The molecule has 0 aromatic rings. The molecule has 166 valence electrons. The lowest BCUT2D eigenvalue weighted by Crippen LogP contribution is -2.48. The minimum atomic E-state index is -0.474. The van der Waals surface area contributed by atoms with Crippen molar-refractivity contribution >= 4 is 36.0 Å². The van der Waals surface area contributed by atoms with E-state index in [0.29, 0.717) is 12.6 Å². The van der Waals surface area contributed by atoms with Crippen LogP contribution in [0, 0.1) is 0 Å². The van der Waals surface area contributed by atoms with Gasteiger partial charge in [0.15, 0.2) is 5.96 Å². The molecule has 1 fully saturated rings. The number of aliphatic imine (C=N–C) groups is 1. The highest BCUT2D eigenvalue weighted by Crippen LogP contribution is 2.14. The number of piperidine rings is 1. The third-order valence-corrected chi connectivity index (χ3v) is 4.47. The van der Waals surface area contributed by atoms with E-state index in [9.17, 15) is 4.79 Å². The number of guanidine groups is 1. The maximum absolute atomic E-state index is 12.4. The molecule has 1 amide bonds. The third-order valence-electron chi connectivity index (χ3n) is 4.47. The summed E-state index contributed by atoms with van der Waals surface area (Å²) >= 11 is 0. The molecule has 1 heterocycles. The molecule has 1 saturated heterocycles. The number of carbonyl (C=O) groups excluding carboxylic acids is 1. The van der Waals surface area contributed by atoms with Gasteiger partial charge in [0.1, 0.15) is 5.60 Å². The van der Waals surface area contributed by atoms with Crippen LogP contribution >= 0.6 is 24.0 Å². The zero-order valence-corrected chi connectivity index (χ0v) is 21.1. The molecule has 0 saturated carbocycles. The molecule has 1 aliphatic rings. The number of nitrogens with zero attached hydrogens (tertiary/aromatic N) is 3. The van der Waals surface area contributed by atoms with Crippen LogP contribution in [0.4, 0.5) is 4.79 Å². The van der Waals surface area contributed by atoms with Crippen LogP contribution in [-0.2, 0) is 9.47 Å². The molecule has 1 aliphatic heterocycles. The van der Waals surface area contributed by atoms with Crippen LogP contribution < -0.4 is 5.32 Å². The highest BCUT2D eigenvalue weighted by Gasteiger charge is 2.24. The predicted octanol–water partition coefficient (Wildman–Crippen LogP) is 3.72. The van der Waals surface area contributed by atoms with Gasteiger partial charge in [0.2, 0.25) is 0 Å². The van der Waals surface area contributed by atoms with Crippen LogP contribution in [0.3, 0.4) is 0 Å². The normalized spacial score (nSPS) is 16.0. The van der Waals surface area contributed by atoms with E-state index in [1.165, 1.54) is 0 Å². The number of likely N-dealkylation sites (tertiary alicyclic amines) is 1. The molecule has 0 unspecified atom stereocenters. The first-order chi connectivity index (χ1) is 12.7. The van der Waals surface area contributed by atoms with Crippen molar-refractivity contribution in [3.63, 3.8) is 0 Å². The van der Waals surface area contributed by atoms with E-state index >= 15 is 0 Å². The largest absolute Gasteiger partial charge is 0.444 e. The van der Waals surface area contributed by atoms with Gasteiger partial charge in [-0.2, -0.15) is 0 Å². The number of amides is 1. The summed E-state index contributed by atoms with van der Waals surface area (Å²) in [5.74, 6) is 0.929. The topological polar surface area (TPSA) is 66.4 Å². The van der Waals surface area contributed by atoms with Crippen molar-refractivity contribution < 1.29 is 14.3 Å². The molecule has 0 bridgehead atoms. The molecule has 0 atom stereocenters. The average Bonchev–Trinajstić information content (AvgIpc) is 2.57. The number of nitrogens with one attached hydrogen (secondary N) is 1. The van der Waals surface area contributed by atoms with Gasteiger partial charge in [-0.3, -0.25) is 4.99 Å². The van der Waals surface area contributed by atoms with Crippen molar-refractivity contribution in [1.82, 2.24) is 15.1 Å². The van der Waals surface area contributed by atoms with Gasteiger partial charge in [-0.05, 0) is 60.8 Å². The summed E-state index contributed by atoms with van der Waals surface area (Å²) in [6, 6.07) is 0.108. The third kappa shape index (κ3) is 10.1. The van der Waals surface area contributed by atoms with Crippen molar-refractivity contribution in [1.29, 1.82) is 0 Å². The van der Waals surface area contributed by atoms with Gasteiger partial charge in [0, 0.05) is 45.9 Å². The van der Waals surface area contributed by atoms with Gasteiger partial charge < -0.3 is 24.6 Å². The summed E-state index contributed by atoms with van der Waals surface area (Å²) in [5, 5.41) is 3.42. The maximum atomic E-state index is 12.4. The molecule has 1 rings (SSSR count). The van der Waals surface area contributed by atoms with E-state index in [0.717, 1.165) is 51.5 Å². The van der Waals surface area contributed by atoms with Crippen LogP contribution in [0.15, 0.2) is 4.99 Å². The van der Waals surface area contributed by atoms with E-state index < -0.39 is 5.60 Å². The van der Waals surface area contributed by atoms with Crippen molar-refractivity contribution in [3.8, 4) is 0 Å². The first-order valence-electron chi connectivity index (χ1n) is 10.2. The number of hydrogen-bond donors (Lipinski definition) is 1. The molecular weight excluding hydrogens is 471 g/mol. The van der Waals surface area contributed by atoms with Gasteiger partial charge >= 0.3 is 6.09 Å². The zero-order chi connectivity index (χ0) is 20.4. The molecule has 0 radical (unpaired) electrons. The molecule has 7 nitrogen and oxygen atoms in total. The molecule has 0 spiro atoms. The summed E-state index contributed by atoms with van der Waals surface area (Å²) in [6.45, 7) is 15.9. The number of rotatable bonds is 7. The van der Waals surface area contributed by atoms with Crippen LogP contribution in [0.2, 0.25) is 0 Å². The van der Waals surface area contributed by atoms with Crippen molar-refractivity contribution in [2.75, 3.05) is 39.8 Å². The fourth-order valence-corrected chi connectivity index (χ4v) is 3.13. The van der Waals surface area contributed by atoms with Crippen molar-refractivity contribution in [3.05, 3.63) is 0 Å². The minimum Gasteiger partial charge on any atom is -0.444 e. The number of halogens is 1. The van der Waals surface area contributed by atoms with Crippen LogP contribution in [0.25, 0.3) is 0 Å². The Morgan fingerprint density at radius 3 is 2.36 bits per heavy atom. The lowest BCUT2D eigenvalue weighted by molar-refractivity contribution is 0.0189. The number of ether oxygens (including phenoxy) is 2. The quantitative estimate of drug-likeness (QED) is 0.244. The first kappa shape index (κ1) is 27.2. The lowest BCUT2D eigenvalue weighted by Gasteiger charge is -2.34. The second-order valence-electron chi connectivity index (χ2n) is 8.24. The molecule has 1 N–H and O–H groups in total. The standard InChI is InChI=1S/C20H40N4O3.HI/c1-8-26-17-10-14-23(15-11-17)18(21-7)22-12-9-13-24(16(2)3)19(25)27-20(4,5)6;/h16-17H,8-15H2,1-7H3,(H,21,22);1H. The Morgan fingerprint density at radius 1 is 1.29 bits per heavy atom. The molecular formula is C20H41IN4O3. The van der Waals surface area contributed by atoms with Crippen molar-refractivity contribution in [2.24, 2.45) is 4.99 Å². The second kappa shape index (κ2) is 13.5. The van der Waals surface area contributed by atoms with E-state index in [1.807, 2.05) is 48.6 Å². The number of carbonyl (C=O) groups is 1. The predicted molar refractivity (Wildman–Crippen MR) is 126 cm³/mol. The summed E-state index contributed by atoms with van der Waals surface area (Å²) in [7, 11) is 1.82. The fraction of sp³-hybridized carbons (Fsp3) is 0.900. The van der Waals surface area contributed by atoms with E-state index in [-0.39, 0.29) is 36.1 Å². The summed E-state index contributed by atoms with van der Waals surface area (Å²) in [6.07, 6.45) is 3.03. The van der Waals surface area contributed by atoms with Crippen LogP contribution in [0.5, 0.6) is 0 Å². The highest BCUT2D eigenvalue weighted by molar-refractivity contribution is 14.0. The SMILES string of the molecule is CCOC1CCN(C(=NC)NCCCN(C(=O)OC(C)(C)C)C(C)C)CC1.I. The summed E-state index contributed by atoms with van der Waals surface area (Å²) in [4.78, 5) is 20.8. The smallest absolute Gasteiger partial charge is 0.410 e. The van der Waals surface area contributed by atoms with Gasteiger partial charge in [-0.25, -0.2) is 4.79 Å². The zero-order valence-electron chi connectivity index (χ0n) is 18.8. The van der Waals surface area contributed by atoms with Crippen molar-refractivity contribution in [2.45, 2.75) is 78.6 Å². The van der Waals surface area contributed by atoms with Crippen LogP contribution in [0.1, 0.15) is 60.8 Å². The van der Waals surface area contributed by atoms with E-state index in [4.69, 9.17) is 9.47 Å². The molecule has 28 heavy (non-hydrogen) atoms.